The van der Waals surface area contributed by atoms with Crippen LogP contribution in [0.3, 0.4) is 0 Å². The Morgan fingerprint density at radius 1 is 1.10 bits per heavy atom. The lowest BCUT2D eigenvalue weighted by Crippen LogP contribution is -2.14. The topological polar surface area (TPSA) is 94.3 Å². The predicted octanol–water partition coefficient (Wildman–Crippen LogP) is 4.71. The third-order valence-corrected chi connectivity index (χ3v) is 5.28. The van der Waals surface area contributed by atoms with Gasteiger partial charge in [0, 0.05) is 12.1 Å². The van der Waals surface area contributed by atoms with Gasteiger partial charge in [0.05, 0.1) is 17.9 Å². The molecule has 162 valence electrons. The molecule has 0 aliphatic heterocycles. The second-order valence-electron chi connectivity index (χ2n) is 7.03. The zero-order valence-electron chi connectivity index (χ0n) is 17.5. The van der Waals surface area contributed by atoms with Crippen LogP contribution in [0.25, 0.3) is 0 Å². The Morgan fingerprint density at radius 3 is 2.55 bits per heavy atom. The maximum absolute atomic E-state index is 12.2. The number of carbonyl (C=O) groups is 2. The highest BCUT2D eigenvalue weighted by atomic mass is 32.2. The molecule has 3 rings (SSSR count). The standard InChI is InChI=1S/C23H25N3O4S/c1-3-13-29-22(28)18-9-11-19(12-10-18)24-20(27)15-31-23-26-25-21(30-23)14-16(2)17-7-5-4-6-8-17/h4-12,16H,3,13-15H2,1-2H3,(H,24,27)/t16-/m0/s1. The van der Waals surface area contributed by atoms with E-state index in [1.807, 2.05) is 25.1 Å². The number of anilines is 1. The fourth-order valence-electron chi connectivity index (χ4n) is 2.83. The molecule has 2 aromatic carbocycles. The fourth-order valence-corrected chi connectivity index (χ4v) is 3.41. The first-order chi connectivity index (χ1) is 15.0. The number of nitrogens with zero attached hydrogens (tertiary/aromatic N) is 2. The molecule has 31 heavy (non-hydrogen) atoms. The van der Waals surface area contributed by atoms with E-state index in [-0.39, 0.29) is 23.5 Å². The van der Waals surface area contributed by atoms with Crippen LogP contribution in [0, 0.1) is 0 Å². The normalized spacial score (nSPS) is 11.7. The molecule has 0 saturated carbocycles. The molecular weight excluding hydrogens is 414 g/mol. The van der Waals surface area contributed by atoms with Gasteiger partial charge in [0.25, 0.3) is 5.22 Å². The summed E-state index contributed by atoms with van der Waals surface area (Å²) >= 11 is 1.18. The Morgan fingerprint density at radius 2 is 1.84 bits per heavy atom. The van der Waals surface area contributed by atoms with Crippen molar-refractivity contribution in [2.75, 3.05) is 17.7 Å². The quantitative estimate of drug-likeness (QED) is 0.361. The summed E-state index contributed by atoms with van der Waals surface area (Å²) in [4.78, 5) is 24.0. The molecule has 1 amide bonds. The summed E-state index contributed by atoms with van der Waals surface area (Å²) in [6, 6.07) is 16.7. The summed E-state index contributed by atoms with van der Waals surface area (Å²) in [5.74, 6) is 0.360. The van der Waals surface area contributed by atoms with Crippen molar-refractivity contribution in [3.63, 3.8) is 0 Å². The zero-order valence-corrected chi connectivity index (χ0v) is 18.4. The Bertz CT molecular complexity index is 990. The molecule has 0 saturated heterocycles. The first-order valence-corrected chi connectivity index (χ1v) is 11.1. The van der Waals surface area contributed by atoms with Gasteiger partial charge in [-0.2, -0.15) is 0 Å². The summed E-state index contributed by atoms with van der Waals surface area (Å²) < 4.78 is 10.7. The van der Waals surface area contributed by atoms with Crippen molar-refractivity contribution in [2.45, 2.75) is 37.8 Å². The lowest BCUT2D eigenvalue weighted by Gasteiger charge is -2.08. The monoisotopic (exact) mass is 439 g/mol. The molecule has 1 atom stereocenters. The molecule has 0 radical (unpaired) electrons. The smallest absolute Gasteiger partial charge is 0.338 e. The van der Waals surface area contributed by atoms with Crippen molar-refractivity contribution in [1.29, 1.82) is 0 Å². The molecule has 7 nitrogen and oxygen atoms in total. The molecule has 0 fully saturated rings. The number of benzene rings is 2. The van der Waals surface area contributed by atoms with Gasteiger partial charge in [-0.05, 0) is 42.2 Å². The summed E-state index contributed by atoms with van der Waals surface area (Å²) in [5.41, 5.74) is 2.25. The van der Waals surface area contributed by atoms with Crippen LogP contribution in [0.1, 0.15) is 48.0 Å². The molecule has 0 aliphatic carbocycles. The summed E-state index contributed by atoms with van der Waals surface area (Å²) in [7, 11) is 0. The maximum atomic E-state index is 12.2. The van der Waals surface area contributed by atoms with E-state index < -0.39 is 0 Å². The highest BCUT2D eigenvalue weighted by Gasteiger charge is 2.14. The fraction of sp³-hybridized carbons (Fsp3) is 0.304. The van der Waals surface area contributed by atoms with Gasteiger partial charge in [-0.3, -0.25) is 4.79 Å². The van der Waals surface area contributed by atoms with Crippen LogP contribution in [0.15, 0.2) is 64.2 Å². The van der Waals surface area contributed by atoms with Crippen molar-refractivity contribution < 1.29 is 18.7 Å². The van der Waals surface area contributed by atoms with Gasteiger partial charge in [0.15, 0.2) is 0 Å². The molecule has 8 heteroatoms. The largest absolute Gasteiger partial charge is 0.462 e. The molecule has 1 N–H and O–H groups in total. The van der Waals surface area contributed by atoms with Crippen molar-refractivity contribution in [3.8, 4) is 0 Å². The average molecular weight is 440 g/mol. The van der Waals surface area contributed by atoms with E-state index in [1.165, 1.54) is 17.3 Å². The summed E-state index contributed by atoms with van der Waals surface area (Å²) in [5, 5.41) is 11.2. The van der Waals surface area contributed by atoms with Crippen molar-refractivity contribution in [1.82, 2.24) is 10.2 Å². The number of hydrogen-bond acceptors (Lipinski definition) is 7. The Labute approximate surface area is 185 Å². The number of nitrogens with one attached hydrogen (secondary N) is 1. The first kappa shape index (κ1) is 22.6. The van der Waals surface area contributed by atoms with Crippen LogP contribution in [-0.4, -0.2) is 34.4 Å². The van der Waals surface area contributed by atoms with E-state index in [9.17, 15) is 9.59 Å². The second-order valence-corrected chi connectivity index (χ2v) is 7.95. The minimum atomic E-state index is -0.371. The SMILES string of the molecule is CCCOC(=O)c1ccc(NC(=O)CSc2nnc(C[C@H](C)c3ccccc3)o2)cc1. The van der Waals surface area contributed by atoms with E-state index in [1.54, 1.807) is 24.3 Å². The predicted molar refractivity (Wildman–Crippen MR) is 119 cm³/mol. The van der Waals surface area contributed by atoms with Crippen molar-refractivity contribution in [2.24, 2.45) is 0 Å². The number of carbonyl (C=O) groups excluding carboxylic acids is 2. The van der Waals surface area contributed by atoms with E-state index in [0.29, 0.717) is 35.4 Å². The number of thioether (sulfide) groups is 1. The van der Waals surface area contributed by atoms with E-state index in [2.05, 4.69) is 34.6 Å². The first-order valence-electron chi connectivity index (χ1n) is 10.1. The number of rotatable bonds is 10. The van der Waals surface area contributed by atoms with Crippen molar-refractivity contribution in [3.05, 3.63) is 71.6 Å². The second kappa shape index (κ2) is 11.3. The number of hydrogen-bond donors (Lipinski definition) is 1. The lowest BCUT2D eigenvalue weighted by molar-refractivity contribution is -0.113. The van der Waals surface area contributed by atoms with Gasteiger partial charge in [0.2, 0.25) is 11.8 Å². The number of esters is 1. The van der Waals surface area contributed by atoms with Gasteiger partial charge in [-0.1, -0.05) is 55.9 Å². The molecule has 1 aromatic heterocycles. The van der Waals surface area contributed by atoms with Gasteiger partial charge in [-0.25, -0.2) is 4.79 Å². The average Bonchev–Trinajstić information content (AvgIpc) is 3.24. The molecule has 0 spiro atoms. The van der Waals surface area contributed by atoms with Crippen LogP contribution < -0.4 is 5.32 Å². The molecule has 0 bridgehead atoms. The maximum Gasteiger partial charge on any atom is 0.338 e. The minimum absolute atomic E-state index is 0.135. The molecule has 3 aromatic rings. The highest BCUT2D eigenvalue weighted by molar-refractivity contribution is 7.99. The zero-order chi connectivity index (χ0) is 22.1. The lowest BCUT2D eigenvalue weighted by atomic mass is 9.98. The number of aromatic nitrogens is 2. The number of amides is 1. The van der Waals surface area contributed by atoms with Crippen LogP contribution in [-0.2, 0) is 16.0 Å². The third kappa shape index (κ3) is 6.96. The van der Waals surface area contributed by atoms with Crippen LogP contribution in [0.2, 0.25) is 0 Å². The van der Waals surface area contributed by atoms with Crippen LogP contribution >= 0.6 is 11.8 Å². The third-order valence-electron chi connectivity index (χ3n) is 4.47. The number of ether oxygens (including phenoxy) is 1. The van der Waals surface area contributed by atoms with Gasteiger partial charge in [-0.15, -0.1) is 10.2 Å². The van der Waals surface area contributed by atoms with Gasteiger partial charge < -0.3 is 14.5 Å². The highest BCUT2D eigenvalue weighted by Crippen LogP contribution is 2.22. The van der Waals surface area contributed by atoms with E-state index in [0.717, 1.165) is 6.42 Å². The molecule has 1 heterocycles. The Balaban J connectivity index is 1.45. The van der Waals surface area contributed by atoms with Crippen LogP contribution in [0.5, 0.6) is 0 Å². The minimum Gasteiger partial charge on any atom is -0.462 e. The van der Waals surface area contributed by atoms with Crippen LogP contribution in [0.4, 0.5) is 5.69 Å². The molecule has 0 aliphatic rings. The summed E-state index contributed by atoms with van der Waals surface area (Å²) in [6.45, 7) is 4.43. The van der Waals surface area contributed by atoms with Gasteiger partial charge in [0.1, 0.15) is 0 Å². The molecular formula is C23H25N3O4S. The molecule has 0 unspecified atom stereocenters. The Hall–Kier alpha value is -3.13. The van der Waals surface area contributed by atoms with Crippen molar-refractivity contribution >= 4 is 29.3 Å². The van der Waals surface area contributed by atoms with Gasteiger partial charge >= 0.3 is 5.97 Å². The van der Waals surface area contributed by atoms with E-state index >= 15 is 0 Å². The Kier molecular flexibility index (Phi) is 8.23. The van der Waals surface area contributed by atoms with E-state index in [4.69, 9.17) is 9.15 Å². The summed E-state index contributed by atoms with van der Waals surface area (Å²) in [6.07, 6.45) is 1.40.